The van der Waals surface area contributed by atoms with E-state index in [0.29, 0.717) is 6.54 Å². The predicted molar refractivity (Wildman–Crippen MR) is 83.2 cm³/mol. The Hall–Kier alpha value is -2.59. The van der Waals surface area contributed by atoms with E-state index < -0.39 is 30.4 Å². The zero-order chi connectivity index (χ0) is 19.3. The molecule has 0 saturated heterocycles. The fourth-order valence-corrected chi connectivity index (χ4v) is 1.89. The molecule has 11 heteroatoms. The summed E-state index contributed by atoms with van der Waals surface area (Å²) in [6, 6.07) is 5.55. The van der Waals surface area contributed by atoms with Crippen molar-refractivity contribution in [2.45, 2.75) is 19.5 Å². The Kier molecular flexibility index (Phi) is 7.80. The zero-order valence-electron chi connectivity index (χ0n) is 14.2. The minimum atomic E-state index is -4.44. The number of nitrogens with one attached hydrogen (secondary N) is 1. The molecule has 1 unspecified atom stereocenters. The van der Waals surface area contributed by atoms with Crippen LogP contribution in [0.2, 0.25) is 0 Å². The van der Waals surface area contributed by atoms with Crippen molar-refractivity contribution in [1.82, 2.24) is 4.98 Å². The quantitative estimate of drug-likeness (QED) is 0.463. The number of benzene rings is 1. The molecule has 0 bridgehead atoms. The third-order valence-corrected chi connectivity index (χ3v) is 3.33. The number of rotatable bonds is 6. The molecular formula is C16H17ClF3N3O4. The van der Waals surface area contributed by atoms with Crippen molar-refractivity contribution in [3.63, 3.8) is 0 Å². The van der Waals surface area contributed by atoms with E-state index >= 15 is 0 Å². The Morgan fingerprint density at radius 2 is 2.00 bits per heavy atom. The summed E-state index contributed by atoms with van der Waals surface area (Å²) in [5.74, 6) is -1.74. The van der Waals surface area contributed by atoms with E-state index in [1.165, 1.54) is 12.1 Å². The second kappa shape index (κ2) is 9.38. The smallest absolute Gasteiger partial charge is 0.394 e. The lowest BCUT2D eigenvalue weighted by atomic mass is 10.1. The van der Waals surface area contributed by atoms with Gasteiger partial charge in [-0.05, 0) is 19.1 Å². The van der Waals surface area contributed by atoms with E-state index in [0.717, 1.165) is 6.26 Å². The van der Waals surface area contributed by atoms with Crippen LogP contribution in [0.25, 0.3) is 0 Å². The third-order valence-electron chi connectivity index (χ3n) is 3.33. The number of oxazole rings is 1. The first-order chi connectivity index (χ1) is 12.2. The van der Waals surface area contributed by atoms with Gasteiger partial charge in [-0.25, -0.2) is 0 Å². The molecule has 1 amide bonds. The first-order valence-electron chi connectivity index (χ1n) is 7.62. The van der Waals surface area contributed by atoms with Crippen molar-refractivity contribution in [1.29, 1.82) is 0 Å². The SMILES string of the molecule is CC(C[NH3+])C(=O)Oc1ccccc1C(=O)Nc1nc(CC(F)(F)F)co1.[Cl-]. The fourth-order valence-electron chi connectivity index (χ4n) is 1.89. The molecule has 0 spiro atoms. The van der Waals surface area contributed by atoms with Crippen molar-refractivity contribution in [2.75, 3.05) is 11.9 Å². The van der Waals surface area contributed by atoms with Crippen LogP contribution < -0.4 is 28.2 Å². The highest BCUT2D eigenvalue weighted by Crippen LogP contribution is 2.23. The number of halogens is 4. The average Bonchev–Trinajstić information content (AvgIpc) is 2.99. The van der Waals surface area contributed by atoms with Crippen LogP contribution in [0.4, 0.5) is 19.2 Å². The number of amides is 1. The standard InChI is InChI=1S/C16H16F3N3O4.ClH/c1-9(7-20)14(24)26-12-5-3-2-4-11(12)13(23)22-15-21-10(8-25-15)6-16(17,18)19;/h2-5,8-9H,6-7,20H2,1H3,(H,21,22,23);1H. The van der Waals surface area contributed by atoms with Gasteiger partial charge in [0, 0.05) is 0 Å². The van der Waals surface area contributed by atoms with Gasteiger partial charge in [-0.1, -0.05) is 12.1 Å². The number of anilines is 1. The van der Waals surface area contributed by atoms with E-state index in [-0.39, 0.29) is 35.4 Å². The number of esters is 1. The Balaban J connectivity index is 0.00000364. The van der Waals surface area contributed by atoms with Crippen molar-refractivity contribution < 1.29 is 50.1 Å². The Labute approximate surface area is 158 Å². The summed E-state index contributed by atoms with van der Waals surface area (Å²) in [5, 5.41) is 2.23. The number of hydrogen-bond acceptors (Lipinski definition) is 5. The van der Waals surface area contributed by atoms with Gasteiger partial charge in [-0.2, -0.15) is 18.2 Å². The molecule has 0 fully saturated rings. The maximum absolute atomic E-state index is 12.3. The van der Waals surface area contributed by atoms with Crippen LogP contribution in [0, 0.1) is 5.92 Å². The van der Waals surface area contributed by atoms with Gasteiger partial charge in [0.1, 0.15) is 17.9 Å². The first-order valence-corrected chi connectivity index (χ1v) is 7.62. The molecule has 0 saturated carbocycles. The highest BCUT2D eigenvalue weighted by molar-refractivity contribution is 6.05. The lowest BCUT2D eigenvalue weighted by molar-refractivity contribution is -0.375. The summed E-state index contributed by atoms with van der Waals surface area (Å²) in [6.45, 7) is 1.96. The molecule has 0 aliphatic heterocycles. The van der Waals surface area contributed by atoms with E-state index in [9.17, 15) is 22.8 Å². The van der Waals surface area contributed by atoms with E-state index in [1.807, 2.05) is 0 Å². The fraction of sp³-hybridized carbons (Fsp3) is 0.312. The predicted octanol–water partition coefficient (Wildman–Crippen LogP) is -1.18. The zero-order valence-corrected chi connectivity index (χ0v) is 14.9. The maximum Gasteiger partial charge on any atom is 0.394 e. The molecule has 0 aliphatic carbocycles. The highest BCUT2D eigenvalue weighted by atomic mass is 35.5. The summed E-state index contributed by atoms with van der Waals surface area (Å²) >= 11 is 0. The minimum Gasteiger partial charge on any atom is -1.00 e. The van der Waals surface area contributed by atoms with Gasteiger partial charge >= 0.3 is 18.2 Å². The Morgan fingerprint density at radius 1 is 1.33 bits per heavy atom. The van der Waals surface area contributed by atoms with Crippen LogP contribution in [0.3, 0.4) is 0 Å². The Morgan fingerprint density at radius 3 is 2.63 bits per heavy atom. The summed E-state index contributed by atoms with van der Waals surface area (Å²) in [4.78, 5) is 27.8. The van der Waals surface area contributed by atoms with Crippen molar-refractivity contribution in [3.8, 4) is 5.75 Å². The van der Waals surface area contributed by atoms with Crippen molar-refractivity contribution in [3.05, 3.63) is 41.8 Å². The van der Waals surface area contributed by atoms with Gasteiger partial charge in [0.15, 0.2) is 0 Å². The van der Waals surface area contributed by atoms with E-state index in [4.69, 9.17) is 9.15 Å². The number of para-hydroxylation sites is 1. The summed E-state index contributed by atoms with van der Waals surface area (Å²) in [5.41, 5.74) is 3.25. The molecular weight excluding hydrogens is 391 g/mol. The summed E-state index contributed by atoms with van der Waals surface area (Å²) < 4.78 is 47.0. The monoisotopic (exact) mass is 407 g/mol. The van der Waals surface area contributed by atoms with Crippen molar-refractivity contribution >= 4 is 17.9 Å². The number of carbonyl (C=O) groups excluding carboxylic acids is 2. The van der Waals surface area contributed by atoms with Crippen molar-refractivity contribution in [2.24, 2.45) is 5.92 Å². The van der Waals surface area contributed by atoms with Crippen LogP contribution in [-0.2, 0) is 11.2 Å². The first kappa shape index (κ1) is 22.5. The maximum atomic E-state index is 12.3. The average molecular weight is 408 g/mol. The number of quaternary nitrogens is 1. The molecule has 0 radical (unpaired) electrons. The van der Waals surface area contributed by atoms with Crippen LogP contribution in [-0.4, -0.2) is 29.6 Å². The molecule has 4 N–H and O–H groups in total. The van der Waals surface area contributed by atoms with Gasteiger partial charge in [-0.15, -0.1) is 0 Å². The molecule has 148 valence electrons. The highest BCUT2D eigenvalue weighted by Gasteiger charge is 2.29. The molecule has 1 aromatic heterocycles. The summed E-state index contributed by atoms with van der Waals surface area (Å²) in [6.07, 6.45) is -4.90. The molecule has 1 heterocycles. The molecule has 0 aliphatic rings. The molecule has 2 rings (SSSR count). The van der Waals surface area contributed by atoms with Crippen LogP contribution in [0.1, 0.15) is 23.0 Å². The van der Waals surface area contributed by atoms with E-state index in [1.54, 1.807) is 19.1 Å². The van der Waals surface area contributed by atoms with Crippen LogP contribution >= 0.6 is 0 Å². The van der Waals surface area contributed by atoms with Gasteiger partial charge < -0.3 is 27.3 Å². The Bertz CT molecular complexity index is 795. The second-order valence-corrected chi connectivity index (χ2v) is 5.50. The molecule has 1 atom stereocenters. The number of carbonyl (C=O) groups is 2. The molecule has 7 nitrogen and oxygen atoms in total. The van der Waals surface area contributed by atoms with Gasteiger partial charge in [0.25, 0.3) is 5.91 Å². The lowest BCUT2D eigenvalue weighted by Gasteiger charge is -2.11. The molecule has 1 aromatic carbocycles. The number of aromatic nitrogens is 1. The number of nitrogens with zero attached hydrogens (tertiary/aromatic N) is 1. The van der Waals surface area contributed by atoms with Crippen LogP contribution in [0.5, 0.6) is 5.75 Å². The van der Waals surface area contributed by atoms with Gasteiger partial charge in [0.05, 0.1) is 24.2 Å². The summed E-state index contributed by atoms with van der Waals surface area (Å²) in [7, 11) is 0. The number of ether oxygens (including phenoxy) is 1. The minimum absolute atomic E-state index is 0. The number of hydrogen-bond donors (Lipinski definition) is 2. The van der Waals surface area contributed by atoms with Gasteiger partial charge in [-0.3, -0.25) is 14.9 Å². The molecule has 2 aromatic rings. The number of alkyl halides is 3. The van der Waals surface area contributed by atoms with E-state index in [2.05, 4.69) is 16.0 Å². The topological polar surface area (TPSA) is 109 Å². The largest absolute Gasteiger partial charge is 1.00 e. The lowest BCUT2D eigenvalue weighted by Crippen LogP contribution is -3.00. The molecule has 27 heavy (non-hydrogen) atoms. The normalized spacial score (nSPS) is 12.0. The third kappa shape index (κ3) is 6.57. The second-order valence-electron chi connectivity index (χ2n) is 5.50. The van der Waals surface area contributed by atoms with Gasteiger partial charge in [0.2, 0.25) is 0 Å². The van der Waals surface area contributed by atoms with Crippen LogP contribution in [0.15, 0.2) is 34.9 Å².